The number of carbonyl (C=O) groups is 2. The third-order valence-corrected chi connectivity index (χ3v) is 5.38. The first-order chi connectivity index (χ1) is 15.5. The molecule has 0 fully saturated rings. The maximum absolute atomic E-state index is 13.4. The number of ketones is 2. The van der Waals surface area contributed by atoms with Crippen LogP contribution in [0, 0.1) is 11.8 Å². The second kappa shape index (κ2) is 11.1. The normalized spacial score (nSPS) is 19.7. The molecule has 2 unspecified atom stereocenters. The second-order valence-electron chi connectivity index (χ2n) is 7.45. The predicted molar refractivity (Wildman–Crippen MR) is 115 cm³/mol. The van der Waals surface area contributed by atoms with E-state index in [1.165, 1.54) is 12.1 Å². The molecule has 1 aromatic carbocycles. The van der Waals surface area contributed by atoms with E-state index in [0.29, 0.717) is 44.2 Å². The number of fused-ring (bicyclic) bond motifs is 2. The number of aromatic hydroxyl groups is 2. The van der Waals surface area contributed by atoms with Crippen molar-refractivity contribution in [3.05, 3.63) is 46.9 Å². The van der Waals surface area contributed by atoms with Crippen LogP contribution in [-0.2, 0) is 4.74 Å². The molecule has 0 amide bonds. The Morgan fingerprint density at radius 3 is 2.00 bits per heavy atom. The van der Waals surface area contributed by atoms with Crippen molar-refractivity contribution in [3.63, 3.8) is 0 Å². The maximum Gasteiger partial charge on any atom is 0.179 e. The van der Waals surface area contributed by atoms with Crippen molar-refractivity contribution in [1.29, 1.82) is 0 Å². The summed E-state index contributed by atoms with van der Waals surface area (Å²) in [6, 6.07) is 2.38. The topological polar surface area (TPSA) is 160 Å². The number of allylic oxidation sites excluding steroid dienone is 4. The summed E-state index contributed by atoms with van der Waals surface area (Å²) < 4.78 is 5.80. The average Bonchev–Trinajstić information content (AvgIpc) is 2.78. The van der Waals surface area contributed by atoms with Gasteiger partial charge in [-0.15, -0.1) is 0 Å². The fourth-order valence-corrected chi connectivity index (χ4v) is 3.94. The quantitative estimate of drug-likeness (QED) is 0.161. The Balaban J connectivity index is 1.88. The minimum atomic E-state index is -0.974. The largest absolute Gasteiger partial charge is 0.507 e. The summed E-state index contributed by atoms with van der Waals surface area (Å²) in [5.41, 5.74) is 0.126. The molecule has 0 heterocycles. The maximum atomic E-state index is 13.4. The predicted octanol–water partition coefficient (Wildman–Crippen LogP) is -0.739. The summed E-state index contributed by atoms with van der Waals surface area (Å²) in [5.74, 6) is -3.30. The fourth-order valence-electron chi connectivity index (χ4n) is 3.94. The number of phenolic OH excluding ortho intramolecular Hbond substituents is 2. The van der Waals surface area contributed by atoms with Gasteiger partial charge in [-0.2, -0.15) is 0 Å². The average molecular weight is 447 g/mol. The van der Waals surface area contributed by atoms with Gasteiger partial charge >= 0.3 is 0 Å². The lowest BCUT2D eigenvalue weighted by atomic mass is 9.69. The monoisotopic (exact) mass is 447 g/mol. The Hall–Kier alpha value is -2.92. The molecule has 32 heavy (non-hydrogen) atoms. The van der Waals surface area contributed by atoms with E-state index in [0.717, 1.165) is 0 Å². The Morgan fingerprint density at radius 1 is 0.781 bits per heavy atom. The summed E-state index contributed by atoms with van der Waals surface area (Å²) in [4.78, 5) is 26.8. The third kappa shape index (κ3) is 4.94. The molecule has 0 radical (unpaired) electrons. The highest BCUT2D eigenvalue weighted by Gasteiger charge is 2.49. The van der Waals surface area contributed by atoms with Crippen LogP contribution < -0.4 is 16.0 Å². The summed E-state index contributed by atoms with van der Waals surface area (Å²) >= 11 is 0. The number of nitrogens with one attached hydrogen (secondary N) is 3. The smallest absolute Gasteiger partial charge is 0.179 e. The molecule has 10 nitrogen and oxygen atoms in total. The number of Topliss-reactive ketones (excluding diaryl/α,β-unsaturated/α-hetero) is 2. The molecule has 10 heteroatoms. The van der Waals surface area contributed by atoms with Crippen LogP contribution in [0.3, 0.4) is 0 Å². The molecule has 2 atom stereocenters. The molecule has 2 aliphatic rings. The van der Waals surface area contributed by atoms with Gasteiger partial charge in [-0.3, -0.25) is 9.59 Å². The highest BCUT2D eigenvalue weighted by molar-refractivity contribution is 6.20. The van der Waals surface area contributed by atoms with E-state index in [2.05, 4.69) is 16.0 Å². The van der Waals surface area contributed by atoms with Crippen molar-refractivity contribution in [2.75, 3.05) is 52.5 Å². The van der Waals surface area contributed by atoms with Gasteiger partial charge in [0.1, 0.15) is 23.9 Å². The van der Waals surface area contributed by atoms with E-state index in [1.54, 1.807) is 12.2 Å². The number of benzene rings is 1. The number of rotatable bonds is 12. The van der Waals surface area contributed by atoms with Gasteiger partial charge in [-0.25, -0.2) is 0 Å². The van der Waals surface area contributed by atoms with Gasteiger partial charge in [0, 0.05) is 38.4 Å². The van der Waals surface area contributed by atoms with E-state index >= 15 is 0 Å². The van der Waals surface area contributed by atoms with Crippen molar-refractivity contribution in [3.8, 4) is 11.5 Å². The molecule has 0 saturated heterocycles. The first-order valence-corrected chi connectivity index (χ1v) is 10.6. The number of aliphatic hydroxyl groups is 2. The zero-order valence-electron chi connectivity index (χ0n) is 17.6. The Labute approximate surface area is 185 Å². The van der Waals surface area contributed by atoms with Crippen molar-refractivity contribution in [2.24, 2.45) is 11.8 Å². The Bertz CT molecular complexity index is 840. The minimum absolute atomic E-state index is 0.00906. The van der Waals surface area contributed by atoms with Crippen LogP contribution in [0.2, 0.25) is 0 Å². The van der Waals surface area contributed by atoms with Gasteiger partial charge in [0.15, 0.2) is 11.6 Å². The summed E-state index contributed by atoms with van der Waals surface area (Å²) in [7, 11) is 0. The van der Waals surface area contributed by atoms with Crippen LogP contribution in [0.4, 0.5) is 0 Å². The molecule has 0 aromatic heterocycles. The van der Waals surface area contributed by atoms with Crippen LogP contribution in [-0.4, -0.2) is 84.5 Å². The van der Waals surface area contributed by atoms with E-state index in [4.69, 9.17) is 14.9 Å². The second-order valence-corrected chi connectivity index (χ2v) is 7.45. The van der Waals surface area contributed by atoms with Crippen molar-refractivity contribution >= 4 is 11.6 Å². The standard InChI is InChI=1S/C22H29N3O7/c26-10-7-23-5-6-25-13-1-4-16(32-12-9-24-8-11-27)20-17(13)21(30)18-14(28)2-3-15(29)19(18)22(20)31/h1-4,17,20,23-29H,5-12H2. The fraction of sp³-hybridized carbons (Fsp3) is 0.455. The number of phenols is 2. The lowest BCUT2D eigenvalue weighted by Gasteiger charge is -2.36. The van der Waals surface area contributed by atoms with Crippen LogP contribution in [0.5, 0.6) is 11.5 Å². The van der Waals surface area contributed by atoms with Crippen molar-refractivity contribution in [1.82, 2.24) is 16.0 Å². The third-order valence-electron chi connectivity index (χ3n) is 5.38. The van der Waals surface area contributed by atoms with E-state index < -0.39 is 23.4 Å². The number of ether oxygens (including phenoxy) is 1. The first kappa shape index (κ1) is 23.7. The molecule has 3 rings (SSSR count). The molecule has 0 saturated carbocycles. The minimum Gasteiger partial charge on any atom is -0.507 e. The highest BCUT2D eigenvalue weighted by Crippen LogP contribution is 2.45. The number of hydrogen-bond donors (Lipinski definition) is 7. The van der Waals surface area contributed by atoms with Gasteiger partial charge in [0.25, 0.3) is 0 Å². The summed E-state index contributed by atoms with van der Waals surface area (Å²) in [5, 5.41) is 47.4. The van der Waals surface area contributed by atoms with Gasteiger partial charge in [-0.05, 0) is 24.3 Å². The van der Waals surface area contributed by atoms with Gasteiger partial charge in [0.05, 0.1) is 36.2 Å². The van der Waals surface area contributed by atoms with Crippen LogP contribution in [0.25, 0.3) is 0 Å². The molecule has 2 aliphatic carbocycles. The number of carbonyl (C=O) groups excluding carboxylic acids is 2. The number of aliphatic hydroxyl groups excluding tert-OH is 2. The molecule has 0 aliphatic heterocycles. The molecular weight excluding hydrogens is 418 g/mol. The van der Waals surface area contributed by atoms with Crippen LogP contribution >= 0.6 is 0 Å². The molecule has 0 bridgehead atoms. The molecule has 0 spiro atoms. The van der Waals surface area contributed by atoms with E-state index in [9.17, 15) is 19.8 Å². The molecular formula is C22H29N3O7. The van der Waals surface area contributed by atoms with E-state index in [-0.39, 0.29) is 42.4 Å². The Kier molecular flexibility index (Phi) is 8.23. The number of hydrogen-bond acceptors (Lipinski definition) is 10. The molecule has 7 N–H and O–H groups in total. The van der Waals surface area contributed by atoms with E-state index in [1.807, 2.05) is 0 Å². The van der Waals surface area contributed by atoms with Gasteiger partial charge < -0.3 is 41.1 Å². The van der Waals surface area contributed by atoms with Crippen molar-refractivity contribution < 1.29 is 34.8 Å². The first-order valence-electron chi connectivity index (χ1n) is 10.6. The highest BCUT2D eigenvalue weighted by atomic mass is 16.5. The molecule has 1 aromatic rings. The zero-order valence-corrected chi connectivity index (χ0v) is 17.6. The lowest BCUT2D eigenvalue weighted by molar-refractivity contribution is 0.0692. The Morgan fingerprint density at radius 2 is 1.38 bits per heavy atom. The van der Waals surface area contributed by atoms with Crippen molar-refractivity contribution in [2.45, 2.75) is 0 Å². The SMILES string of the molecule is O=C1c2c(O)ccc(O)c2C(=O)C2C(OCCNCCO)=CC=C(NCCNCCO)C12. The lowest BCUT2D eigenvalue weighted by Crippen LogP contribution is -2.44. The summed E-state index contributed by atoms with van der Waals surface area (Å²) in [6.07, 6.45) is 3.31. The summed E-state index contributed by atoms with van der Waals surface area (Å²) in [6.45, 7) is 2.48. The molecule has 174 valence electrons. The van der Waals surface area contributed by atoms with Crippen LogP contribution in [0.15, 0.2) is 35.7 Å². The zero-order chi connectivity index (χ0) is 23.1. The van der Waals surface area contributed by atoms with Crippen LogP contribution in [0.1, 0.15) is 20.7 Å². The van der Waals surface area contributed by atoms with Gasteiger partial charge in [0.2, 0.25) is 0 Å². The van der Waals surface area contributed by atoms with Gasteiger partial charge in [-0.1, -0.05) is 0 Å².